The molecule has 1 aliphatic rings. The molecule has 8 heteroatoms. The Balaban J connectivity index is 1.41. The van der Waals surface area contributed by atoms with Crippen LogP contribution in [0, 0.1) is 6.92 Å². The van der Waals surface area contributed by atoms with E-state index in [1.54, 1.807) is 0 Å². The molecule has 0 saturated heterocycles. The van der Waals surface area contributed by atoms with Crippen LogP contribution < -0.4 is 10.6 Å². The first-order valence-corrected chi connectivity index (χ1v) is 8.74. The van der Waals surface area contributed by atoms with Crippen molar-refractivity contribution in [3.05, 3.63) is 40.4 Å². The molecular weight excluding hydrogens is 326 g/mol. The van der Waals surface area contributed by atoms with Gasteiger partial charge in [-0.25, -0.2) is 4.79 Å². The zero-order chi connectivity index (χ0) is 16.9. The fraction of sp³-hybridized carbons (Fsp3) is 0.438. The summed E-state index contributed by atoms with van der Waals surface area (Å²) in [6.07, 6.45) is 0.380. The highest BCUT2D eigenvalue weighted by atomic mass is 32.1. The quantitative estimate of drug-likeness (QED) is 0.760. The van der Waals surface area contributed by atoms with Gasteiger partial charge < -0.3 is 10.4 Å². The predicted octanol–water partition coefficient (Wildman–Crippen LogP) is 1.39. The lowest BCUT2D eigenvalue weighted by Gasteiger charge is -2.30. The second kappa shape index (κ2) is 7.69. The van der Waals surface area contributed by atoms with Gasteiger partial charge in [0.2, 0.25) is 5.13 Å². The molecule has 0 spiro atoms. The van der Waals surface area contributed by atoms with Crippen LogP contribution in [-0.4, -0.2) is 52.0 Å². The van der Waals surface area contributed by atoms with Gasteiger partial charge in [0.05, 0.1) is 6.10 Å². The highest BCUT2D eigenvalue weighted by Gasteiger charge is 2.18. The van der Waals surface area contributed by atoms with E-state index in [1.807, 2.05) is 13.0 Å². The number of hydrogen-bond acceptors (Lipinski definition) is 6. The van der Waals surface area contributed by atoms with Crippen molar-refractivity contribution >= 4 is 22.5 Å². The van der Waals surface area contributed by atoms with E-state index in [4.69, 9.17) is 0 Å². The Hall–Kier alpha value is -2.03. The van der Waals surface area contributed by atoms with Crippen LogP contribution in [0.1, 0.15) is 16.1 Å². The summed E-state index contributed by atoms with van der Waals surface area (Å²) in [5.41, 5.74) is 2.70. The molecule has 24 heavy (non-hydrogen) atoms. The maximum atomic E-state index is 11.8. The van der Waals surface area contributed by atoms with Gasteiger partial charge in [-0.2, -0.15) is 0 Å². The first-order chi connectivity index (χ1) is 11.6. The highest BCUT2D eigenvalue weighted by molar-refractivity contribution is 7.15. The maximum Gasteiger partial charge on any atom is 0.321 e. The van der Waals surface area contributed by atoms with Crippen molar-refractivity contribution in [2.45, 2.75) is 26.0 Å². The van der Waals surface area contributed by atoms with E-state index in [9.17, 15) is 9.90 Å². The number of hydrogen-bond donors (Lipinski definition) is 3. The third-order valence-corrected chi connectivity index (χ3v) is 4.68. The van der Waals surface area contributed by atoms with Crippen molar-refractivity contribution in [2.75, 3.05) is 25.0 Å². The van der Waals surface area contributed by atoms with Crippen molar-refractivity contribution in [1.82, 2.24) is 20.4 Å². The molecule has 0 bridgehead atoms. The number of amides is 2. The summed E-state index contributed by atoms with van der Waals surface area (Å²) < 4.78 is 0. The van der Waals surface area contributed by atoms with Gasteiger partial charge in [0.15, 0.2) is 0 Å². The average molecular weight is 347 g/mol. The third kappa shape index (κ3) is 4.50. The zero-order valence-corrected chi connectivity index (χ0v) is 14.3. The SMILES string of the molecule is Cc1nnc(NC(=O)NCC(O)CN2CCc3ccccc3C2)s1. The van der Waals surface area contributed by atoms with Gasteiger partial charge >= 0.3 is 6.03 Å². The Morgan fingerprint density at radius 1 is 1.38 bits per heavy atom. The minimum absolute atomic E-state index is 0.196. The molecule has 1 aromatic carbocycles. The number of carbonyl (C=O) groups is 1. The van der Waals surface area contributed by atoms with E-state index in [0.717, 1.165) is 24.5 Å². The zero-order valence-electron chi connectivity index (χ0n) is 13.5. The third-order valence-electron chi connectivity index (χ3n) is 3.92. The second-order valence-corrected chi connectivity index (χ2v) is 7.05. The Bertz CT molecular complexity index is 705. The average Bonchev–Trinajstić information content (AvgIpc) is 2.98. The number of aromatic nitrogens is 2. The summed E-state index contributed by atoms with van der Waals surface area (Å²) in [7, 11) is 0. The number of rotatable bonds is 5. The number of urea groups is 1. The van der Waals surface area contributed by atoms with Crippen LogP contribution in [0.15, 0.2) is 24.3 Å². The van der Waals surface area contributed by atoms with Gasteiger partial charge in [-0.3, -0.25) is 10.2 Å². The lowest BCUT2D eigenvalue weighted by Crippen LogP contribution is -2.42. The molecule has 1 unspecified atom stereocenters. The number of benzene rings is 1. The summed E-state index contributed by atoms with van der Waals surface area (Å²) >= 11 is 1.31. The molecular formula is C16H21N5O2S. The molecule has 1 aromatic heterocycles. The van der Waals surface area contributed by atoms with Gasteiger partial charge in [-0.1, -0.05) is 35.6 Å². The smallest absolute Gasteiger partial charge is 0.321 e. The fourth-order valence-corrected chi connectivity index (χ4v) is 3.36. The minimum atomic E-state index is -0.614. The normalized spacial score (nSPS) is 15.6. The van der Waals surface area contributed by atoms with Crippen molar-refractivity contribution in [1.29, 1.82) is 0 Å². The molecule has 1 aliphatic heterocycles. The Morgan fingerprint density at radius 3 is 2.92 bits per heavy atom. The van der Waals surface area contributed by atoms with Crippen LogP contribution in [0.5, 0.6) is 0 Å². The number of anilines is 1. The molecule has 2 heterocycles. The number of aliphatic hydroxyl groups is 1. The largest absolute Gasteiger partial charge is 0.390 e. The molecule has 3 N–H and O–H groups in total. The van der Waals surface area contributed by atoms with Gasteiger partial charge in [-0.15, -0.1) is 10.2 Å². The Morgan fingerprint density at radius 2 is 2.17 bits per heavy atom. The standard InChI is InChI=1S/C16H21N5O2S/c1-11-19-20-16(24-11)18-15(23)17-8-14(22)10-21-7-6-12-4-2-3-5-13(12)9-21/h2-5,14,22H,6-10H2,1H3,(H2,17,18,20,23). The van der Waals surface area contributed by atoms with Crippen LogP contribution in [0.2, 0.25) is 0 Å². The number of fused-ring (bicyclic) bond motifs is 1. The number of β-amino-alcohol motifs (C(OH)–C–C–N with tert-alkyl or cyclic N) is 1. The minimum Gasteiger partial charge on any atom is -0.390 e. The molecule has 0 radical (unpaired) electrons. The van der Waals surface area contributed by atoms with Gasteiger partial charge in [0, 0.05) is 26.2 Å². The maximum absolute atomic E-state index is 11.8. The lowest BCUT2D eigenvalue weighted by atomic mass is 10.00. The molecule has 3 rings (SSSR count). The lowest BCUT2D eigenvalue weighted by molar-refractivity contribution is 0.106. The van der Waals surface area contributed by atoms with Crippen LogP contribution in [0.4, 0.5) is 9.93 Å². The topological polar surface area (TPSA) is 90.4 Å². The summed E-state index contributed by atoms with van der Waals surface area (Å²) in [5.74, 6) is 0. The monoisotopic (exact) mass is 347 g/mol. The van der Waals surface area contributed by atoms with Crippen molar-refractivity contribution in [2.24, 2.45) is 0 Å². The molecule has 2 aromatic rings. The molecule has 1 atom stereocenters. The van der Waals surface area contributed by atoms with Crippen molar-refractivity contribution < 1.29 is 9.90 Å². The van der Waals surface area contributed by atoms with E-state index in [1.165, 1.54) is 22.5 Å². The van der Waals surface area contributed by atoms with Gasteiger partial charge in [-0.05, 0) is 24.5 Å². The molecule has 0 aliphatic carbocycles. The molecule has 0 saturated carbocycles. The van der Waals surface area contributed by atoms with E-state index in [-0.39, 0.29) is 12.6 Å². The molecule has 7 nitrogen and oxygen atoms in total. The summed E-state index contributed by atoms with van der Waals surface area (Å²) in [6.45, 7) is 4.31. The van der Waals surface area contributed by atoms with Crippen LogP contribution in [0.3, 0.4) is 0 Å². The molecule has 0 fully saturated rings. The van der Waals surface area contributed by atoms with Crippen LogP contribution in [0.25, 0.3) is 0 Å². The molecule has 2 amide bonds. The van der Waals surface area contributed by atoms with E-state index < -0.39 is 6.10 Å². The van der Waals surface area contributed by atoms with Crippen LogP contribution in [-0.2, 0) is 13.0 Å². The first kappa shape index (κ1) is 16.8. The Kier molecular flexibility index (Phi) is 5.39. The predicted molar refractivity (Wildman–Crippen MR) is 93.1 cm³/mol. The second-order valence-electron chi connectivity index (χ2n) is 5.87. The summed E-state index contributed by atoms with van der Waals surface area (Å²) in [6, 6.07) is 8.01. The fourth-order valence-electron chi connectivity index (χ4n) is 2.77. The number of aliphatic hydroxyl groups excluding tert-OH is 1. The number of aryl methyl sites for hydroxylation is 1. The van der Waals surface area contributed by atoms with E-state index in [2.05, 4.69) is 43.9 Å². The van der Waals surface area contributed by atoms with E-state index in [0.29, 0.717) is 11.7 Å². The van der Waals surface area contributed by atoms with Gasteiger partial charge in [0.25, 0.3) is 0 Å². The van der Waals surface area contributed by atoms with E-state index >= 15 is 0 Å². The number of nitrogens with one attached hydrogen (secondary N) is 2. The van der Waals surface area contributed by atoms with Gasteiger partial charge in [0.1, 0.15) is 5.01 Å². The number of nitrogens with zero attached hydrogens (tertiary/aromatic N) is 3. The van der Waals surface area contributed by atoms with Crippen LogP contribution >= 0.6 is 11.3 Å². The molecule has 128 valence electrons. The van der Waals surface area contributed by atoms with Crippen molar-refractivity contribution in [3.8, 4) is 0 Å². The summed E-state index contributed by atoms with van der Waals surface area (Å²) in [5, 5.41) is 24.3. The number of carbonyl (C=O) groups excluding carboxylic acids is 1. The first-order valence-electron chi connectivity index (χ1n) is 7.92. The highest BCUT2D eigenvalue weighted by Crippen LogP contribution is 2.18. The summed E-state index contributed by atoms with van der Waals surface area (Å²) in [4.78, 5) is 14.0. The Labute approximate surface area is 144 Å². The van der Waals surface area contributed by atoms with Crippen molar-refractivity contribution in [3.63, 3.8) is 0 Å².